The van der Waals surface area contributed by atoms with E-state index in [1.807, 2.05) is 0 Å². The maximum Gasteiger partial charge on any atom is 0.00877 e. The summed E-state index contributed by atoms with van der Waals surface area (Å²) in [6, 6.07) is 0.390. The molecule has 0 fully saturated rings. The van der Waals surface area contributed by atoms with Crippen LogP contribution in [0.15, 0.2) is 0 Å². The topological polar surface area (TPSA) is 26.0 Å². The molecule has 0 aliphatic rings. The summed E-state index contributed by atoms with van der Waals surface area (Å²) in [5.41, 5.74) is 6.07. The minimum Gasteiger partial charge on any atom is -0.327 e. The van der Waals surface area contributed by atoms with Crippen LogP contribution in [0.2, 0.25) is 0 Å². The lowest BCUT2D eigenvalue weighted by Crippen LogP contribution is -2.33. The molecule has 2 N–H and O–H groups in total. The summed E-state index contributed by atoms with van der Waals surface area (Å²) in [6.45, 7) is 8.97. The molecule has 13 heavy (non-hydrogen) atoms. The summed E-state index contributed by atoms with van der Waals surface area (Å²) >= 11 is 0. The van der Waals surface area contributed by atoms with Gasteiger partial charge in [-0.2, -0.15) is 0 Å². The molecule has 2 unspecified atom stereocenters. The van der Waals surface area contributed by atoms with Gasteiger partial charge in [0.1, 0.15) is 0 Å². The fraction of sp³-hybridized carbons (Fsp3) is 1.00. The zero-order chi connectivity index (χ0) is 10.3. The van der Waals surface area contributed by atoms with Crippen LogP contribution in [0.4, 0.5) is 0 Å². The van der Waals surface area contributed by atoms with Gasteiger partial charge in [-0.15, -0.1) is 0 Å². The summed E-state index contributed by atoms with van der Waals surface area (Å²) in [4.78, 5) is 0. The zero-order valence-electron chi connectivity index (χ0n) is 9.84. The molecule has 0 amide bonds. The van der Waals surface area contributed by atoms with Crippen LogP contribution in [-0.2, 0) is 0 Å². The van der Waals surface area contributed by atoms with Gasteiger partial charge in [0.25, 0.3) is 0 Å². The Bertz CT molecular complexity index is 110. The monoisotopic (exact) mass is 185 g/mol. The fourth-order valence-electron chi connectivity index (χ4n) is 1.74. The second-order valence-corrected chi connectivity index (χ2v) is 4.65. The Morgan fingerprint density at radius 1 is 1.00 bits per heavy atom. The molecule has 0 aliphatic heterocycles. The first-order valence-electron chi connectivity index (χ1n) is 5.85. The molecule has 0 aromatic heterocycles. The van der Waals surface area contributed by atoms with Crippen molar-refractivity contribution in [3.63, 3.8) is 0 Å². The highest BCUT2D eigenvalue weighted by atomic mass is 14.7. The third-order valence-electron chi connectivity index (χ3n) is 2.94. The van der Waals surface area contributed by atoms with E-state index in [2.05, 4.69) is 27.7 Å². The van der Waals surface area contributed by atoms with Crippen LogP contribution < -0.4 is 5.73 Å². The normalized spacial score (nSPS) is 16.2. The first-order chi connectivity index (χ1) is 6.09. The van der Waals surface area contributed by atoms with Gasteiger partial charge in [0.15, 0.2) is 0 Å². The summed E-state index contributed by atoms with van der Waals surface area (Å²) in [5.74, 6) is 1.32. The van der Waals surface area contributed by atoms with Crippen molar-refractivity contribution in [3.05, 3.63) is 0 Å². The van der Waals surface area contributed by atoms with E-state index < -0.39 is 0 Å². The van der Waals surface area contributed by atoms with E-state index in [1.165, 1.54) is 32.1 Å². The summed E-state index contributed by atoms with van der Waals surface area (Å²) in [5, 5.41) is 0. The Labute approximate surface area is 84.1 Å². The molecule has 0 saturated heterocycles. The van der Waals surface area contributed by atoms with E-state index in [9.17, 15) is 0 Å². The maximum atomic E-state index is 6.07. The van der Waals surface area contributed by atoms with Gasteiger partial charge in [-0.05, 0) is 18.3 Å². The highest BCUT2D eigenvalue weighted by Crippen LogP contribution is 2.17. The quantitative estimate of drug-likeness (QED) is 0.603. The van der Waals surface area contributed by atoms with Crippen LogP contribution >= 0.6 is 0 Å². The molecule has 80 valence electrons. The largest absolute Gasteiger partial charge is 0.327 e. The molecule has 0 bridgehead atoms. The minimum absolute atomic E-state index is 0.390. The molecular weight excluding hydrogens is 158 g/mol. The molecule has 2 atom stereocenters. The van der Waals surface area contributed by atoms with E-state index in [4.69, 9.17) is 5.73 Å². The Kier molecular flexibility index (Phi) is 7.35. The SMILES string of the molecule is CCCCCCC(C)C(N)C(C)C. The van der Waals surface area contributed by atoms with Crippen LogP contribution in [0.1, 0.15) is 59.8 Å². The van der Waals surface area contributed by atoms with Gasteiger partial charge in [0.2, 0.25) is 0 Å². The lowest BCUT2D eigenvalue weighted by Gasteiger charge is -2.23. The zero-order valence-corrected chi connectivity index (χ0v) is 9.84. The molecular formula is C12H27N. The molecule has 0 aromatic carbocycles. The van der Waals surface area contributed by atoms with Gasteiger partial charge in [-0.1, -0.05) is 53.4 Å². The van der Waals surface area contributed by atoms with Crippen molar-refractivity contribution in [2.24, 2.45) is 17.6 Å². The van der Waals surface area contributed by atoms with E-state index in [0.29, 0.717) is 17.9 Å². The predicted octanol–water partition coefficient (Wildman–Crippen LogP) is 3.58. The van der Waals surface area contributed by atoms with Gasteiger partial charge >= 0.3 is 0 Å². The number of hydrogen-bond acceptors (Lipinski definition) is 1. The van der Waals surface area contributed by atoms with Gasteiger partial charge in [-0.3, -0.25) is 0 Å². The average molecular weight is 185 g/mol. The molecule has 0 aromatic rings. The van der Waals surface area contributed by atoms with E-state index >= 15 is 0 Å². The second-order valence-electron chi connectivity index (χ2n) is 4.65. The Morgan fingerprint density at radius 2 is 1.62 bits per heavy atom. The number of unbranched alkanes of at least 4 members (excludes halogenated alkanes) is 3. The van der Waals surface area contributed by atoms with Gasteiger partial charge in [0, 0.05) is 6.04 Å². The van der Waals surface area contributed by atoms with Gasteiger partial charge in [-0.25, -0.2) is 0 Å². The number of hydrogen-bond donors (Lipinski definition) is 1. The summed E-state index contributed by atoms with van der Waals surface area (Å²) in [7, 11) is 0. The van der Waals surface area contributed by atoms with Crippen molar-refractivity contribution < 1.29 is 0 Å². The first kappa shape index (κ1) is 13.0. The minimum atomic E-state index is 0.390. The molecule has 0 saturated carbocycles. The van der Waals surface area contributed by atoms with Crippen molar-refractivity contribution in [3.8, 4) is 0 Å². The van der Waals surface area contributed by atoms with Crippen molar-refractivity contribution in [1.29, 1.82) is 0 Å². The van der Waals surface area contributed by atoms with Crippen LogP contribution in [0.25, 0.3) is 0 Å². The molecule has 0 aliphatic carbocycles. The van der Waals surface area contributed by atoms with Crippen LogP contribution in [-0.4, -0.2) is 6.04 Å². The standard InChI is InChI=1S/C12H27N/c1-5-6-7-8-9-11(4)12(13)10(2)3/h10-12H,5-9,13H2,1-4H3. The summed E-state index contributed by atoms with van der Waals surface area (Å²) in [6.07, 6.45) is 6.74. The smallest absolute Gasteiger partial charge is 0.00877 e. The highest BCUT2D eigenvalue weighted by Gasteiger charge is 2.15. The van der Waals surface area contributed by atoms with Crippen molar-refractivity contribution in [2.45, 2.75) is 65.8 Å². The second kappa shape index (κ2) is 7.37. The summed E-state index contributed by atoms with van der Waals surface area (Å²) < 4.78 is 0. The fourth-order valence-corrected chi connectivity index (χ4v) is 1.74. The van der Waals surface area contributed by atoms with E-state index in [1.54, 1.807) is 0 Å². The number of nitrogens with two attached hydrogens (primary N) is 1. The van der Waals surface area contributed by atoms with E-state index in [0.717, 1.165) is 0 Å². The third kappa shape index (κ3) is 6.09. The molecule has 0 heterocycles. The predicted molar refractivity (Wildman–Crippen MR) is 60.7 cm³/mol. The number of rotatable bonds is 7. The molecule has 1 nitrogen and oxygen atoms in total. The maximum absolute atomic E-state index is 6.07. The van der Waals surface area contributed by atoms with Crippen LogP contribution in [0, 0.1) is 11.8 Å². The van der Waals surface area contributed by atoms with Crippen molar-refractivity contribution >= 4 is 0 Å². The van der Waals surface area contributed by atoms with E-state index in [-0.39, 0.29) is 0 Å². The van der Waals surface area contributed by atoms with Crippen molar-refractivity contribution in [1.82, 2.24) is 0 Å². The van der Waals surface area contributed by atoms with Crippen LogP contribution in [0.5, 0.6) is 0 Å². The highest BCUT2D eigenvalue weighted by molar-refractivity contribution is 4.72. The Balaban J connectivity index is 3.44. The first-order valence-corrected chi connectivity index (χ1v) is 5.85. The third-order valence-corrected chi connectivity index (χ3v) is 2.94. The lowest BCUT2D eigenvalue weighted by atomic mass is 9.89. The Hall–Kier alpha value is -0.0400. The van der Waals surface area contributed by atoms with Gasteiger partial charge in [0.05, 0.1) is 0 Å². The van der Waals surface area contributed by atoms with Gasteiger partial charge < -0.3 is 5.73 Å². The molecule has 0 rings (SSSR count). The average Bonchev–Trinajstić information content (AvgIpc) is 2.10. The lowest BCUT2D eigenvalue weighted by molar-refractivity contribution is 0.336. The van der Waals surface area contributed by atoms with Crippen LogP contribution in [0.3, 0.4) is 0 Å². The molecule has 0 radical (unpaired) electrons. The molecule has 1 heteroatoms. The Morgan fingerprint density at radius 3 is 2.08 bits per heavy atom. The molecule has 0 spiro atoms. The van der Waals surface area contributed by atoms with Crippen molar-refractivity contribution in [2.75, 3.05) is 0 Å².